The third-order valence-corrected chi connectivity index (χ3v) is 5.17. The van der Waals surface area contributed by atoms with Crippen LogP contribution in [0.3, 0.4) is 0 Å². The van der Waals surface area contributed by atoms with Crippen molar-refractivity contribution >= 4 is 5.91 Å². The second kappa shape index (κ2) is 6.25. The zero-order valence-corrected chi connectivity index (χ0v) is 12.9. The molecule has 1 saturated heterocycles. The van der Waals surface area contributed by atoms with Crippen LogP contribution in [0, 0.1) is 5.92 Å². The maximum Gasteiger partial charge on any atom is 0.243 e. The maximum absolute atomic E-state index is 12.5. The summed E-state index contributed by atoms with van der Waals surface area (Å²) in [6.45, 7) is 7.25. The third kappa shape index (κ3) is 3.13. The van der Waals surface area contributed by atoms with Crippen molar-refractivity contribution in [3.8, 4) is 0 Å². The fourth-order valence-electron chi connectivity index (χ4n) is 3.65. The van der Waals surface area contributed by atoms with E-state index in [0.29, 0.717) is 5.91 Å². The number of rotatable bonds is 6. The van der Waals surface area contributed by atoms with Crippen LogP contribution >= 0.6 is 0 Å². The number of hydrogen-bond donors (Lipinski definition) is 1. The Labute approximate surface area is 118 Å². The summed E-state index contributed by atoms with van der Waals surface area (Å²) in [6, 6.07) is 0. The molecule has 2 fully saturated rings. The van der Waals surface area contributed by atoms with Crippen LogP contribution in [-0.2, 0) is 4.79 Å². The molecule has 19 heavy (non-hydrogen) atoms. The van der Waals surface area contributed by atoms with Crippen molar-refractivity contribution in [3.05, 3.63) is 0 Å². The molecule has 2 aliphatic rings. The fraction of sp³-hybridized carbons (Fsp3) is 0.938. The highest BCUT2D eigenvalue weighted by Gasteiger charge is 2.45. The molecular formula is C16H30N2O. The monoisotopic (exact) mass is 266 g/mol. The van der Waals surface area contributed by atoms with Crippen LogP contribution in [0.15, 0.2) is 0 Å². The Kier molecular flexibility index (Phi) is 4.88. The van der Waals surface area contributed by atoms with Crippen molar-refractivity contribution in [2.24, 2.45) is 5.92 Å². The largest absolute Gasteiger partial charge is 0.326 e. The first-order valence-electron chi connectivity index (χ1n) is 8.19. The lowest BCUT2D eigenvalue weighted by atomic mass is 9.99. The SMILES string of the molecule is CCC1NC(C)(CC)C(=O)N1CCCC1CCCC1. The number of nitrogens with one attached hydrogen (secondary N) is 1. The quantitative estimate of drug-likeness (QED) is 0.800. The van der Waals surface area contributed by atoms with Gasteiger partial charge < -0.3 is 4.90 Å². The molecule has 1 aliphatic carbocycles. The predicted molar refractivity (Wildman–Crippen MR) is 78.8 cm³/mol. The molecule has 0 bridgehead atoms. The summed E-state index contributed by atoms with van der Waals surface area (Å²) < 4.78 is 0. The van der Waals surface area contributed by atoms with E-state index in [1.807, 2.05) is 0 Å². The van der Waals surface area contributed by atoms with Gasteiger partial charge in [0.15, 0.2) is 0 Å². The smallest absolute Gasteiger partial charge is 0.243 e. The highest BCUT2D eigenvalue weighted by Crippen LogP contribution is 2.30. The molecule has 0 spiro atoms. The molecule has 2 rings (SSSR count). The fourth-order valence-corrected chi connectivity index (χ4v) is 3.65. The Balaban J connectivity index is 1.85. The van der Waals surface area contributed by atoms with Crippen LogP contribution in [0.1, 0.15) is 72.1 Å². The van der Waals surface area contributed by atoms with E-state index in [4.69, 9.17) is 0 Å². The molecular weight excluding hydrogens is 236 g/mol. The van der Waals surface area contributed by atoms with Crippen LogP contribution in [0.25, 0.3) is 0 Å². The minimum atomic E-state index is -0.325. The Morgan fingerprint density at radius 3 is 2.58 bits per heavy atom. The Hall–Kier alpha value is -0.570. The first kappa shape index (κ1) is 14.8. The van der Waals surface area contributed by atoms with Crippen LogP contribution in [0.4, 0.5) is 0 Å². The molecule has 2 atom stereocenters. The molecule has 1 amide bonds. The minimum absolute atomic E-state index is 0.251. The van der Waals surface area contributed by atoms with E-state index in [9.17, 15) is 4.79 Å². The summed E-state index contributed by atoms with van der Waals surface area (Å²) in [6.07, 6.45) is 10.3. The molecule has 2 unspecified atom stereocenters. The van der Waals surface area contributed by atoms with Crippen LogP contribution in [0.2, 0.25) is 0 Å². The molecule has 1 heterocycles. The van der Waals surface area contributed by atoms with E-state index in [-0.39, 0.29) is 11.7 Å². The Bertz CT molecular complexity index is 312. The molecule has 1 aliphatic heterocycles. The normalized spacial score (nSPS) is 32.5. The molecule has 0 radical (unpaired) electrons. The van der Waals surface area contributed by atoms with Gasteiger partial charge in [0.1, 0.15) is 0 Å². The zero-order chi connectivity index (χ0) is 13.9. The van der Waals surface area contributed by atoms with E-state index in [1.165, 1.54) is 38.5 Å². The van der Waals surface area contributed by atoms with Gasteiger partial charge in [-0.1, -0.05) is 39.5 Å². The molecule has 0 aromatic heterocycles. The van der Waals surface area contributed by atoms with Gasteiger partial charge in [0, 0.05) is 6.54 Å². The van der Waals surface area contributed by atoms with Gasteiger partial charge in [-0.05, 0) is 38.5 Å². The van der Waals surface area contributed by atoms with Gasteiger partial charge >= 0.3 is 0 Å². The van der Waals surface area contributed by atoms with Crippen molar-refractivity contribution in [2.75, 3.05) is 6.54 Å². The first-order chi connectivity index (χ1) is 9.10. The Morgan fingerprint density at radius 1 is 1.32 bits per heavy atom. The standard InChI is InChI=1S/C16H30N2O/c1-4-14-17-16(3,5-2)15(19)18(14)12-8-11-13-9-6-7-10-13/h13-14,17H,4-12H2,1-3H3. The lowest BCUT2D eigenvalue weighted by molar-refractivity contribution is -0.133. The van der Waals surface area contributed by atoms with Gasteiger partial charge in [-0.2, -0.15) is 0 Å². The minimum Gasteiger partial charge on any atom is -0.326 e. The summed E-state index contributed by atoms with van der Waals surface area (Å²) in [5, 5.41) is 3.52. The second-order valence-corrected chi connectivity index (χ2v) is 6.55. The summed E-state index contributed by atoms with van der Waals surface area (Å²) in [7, 11) is 0. The van der Waals surface area contributed by atoms with E-state index >= 15 is 0 Å². The summed E-state index contributed by atoms with van der Waals surface area (Å²) >= 11 is 0. The van der Waals surface area contributed by atoms with Crippen molar-refractivity contribution in [1.82, 2.24) is 10.2 Å². The molecule has 1 saturated carbocycles. The van der Waals surface area contributed by atoms with E-state index < -0.39 is 0 Å². The van der Waals surface area contributed by atoms with Crippen LogP contribution < -0.4 is 5.32 Å². The van der Waals surface area contributed by atoms with Gasteiger partial charge in [-0.15, -0.1) is 0 Å². The topological polar surface area (TPSA) is 32.3 Å². The molecule has 1 N–H and O–H groups in total. The summed E-state index contributed by atoms with van der Waals surface area (Å²) in [5.74, 6) is 1.25. The van der Waals surface area contributed by atoms with Gasteiger partial charge in [-0.25, -0.2) is 0 Å². The number of amides is 1. The average Bonchev–Trinajstić information content (AvgIpc) is 3.00. The zero-order valence-electron chi connectivity index (χ0n) is 12.9. The van der Waals surface area contributed by atoms with E-state index in [0.717, 1.165) is 25.3 Å². The van der Waals surface area contributed by atoms with Gasteiger partial charge in [0.05, 0.1) is 11.7 Å². The number of carbonyl (C=O) groups excluding carboxylic acids is 1. The van der Waals surface area contributed by atoms with Crippen molar-refractivity contribution in [3.63, 3.8) is 0 Å². The van der Waals surface area contributed by atoms with Crippen molar-refractivity contribution in [2.45, 2.75) is 83.8 Å². The molecule has 0 aromatic rings. The molecule has 3 heteroatoms. The number of hydrogen-bond acceptors (Lipinski definition) is 2. The Morgan fingerprint density at radius 2 is 2.00 bits per heavy atom. The molecule has 3 nitrogen and oxygen atoms in total. The molecule has 0 aromatic carbocycles. The van der Waals surface area contributed by atoms with Crippen LogP contribution in [0.5, 0.6) is 0 Å². The van der Waals surface area contributed by atoms with Gasteiger partial charge in [0.25, 0.3) is 0 Å². The van der Waals surface area contributed by atoms with Crippen molar-refractivity contribution in [1.29, 1.82) is 0 Å². The highest BCUT2D eigenvalue weighted by atomic mass is 16.2. The number of nitrogens with zero attached hydrogens (tertiary/aromatic N) is 1. The van der Waals surface area contributed by atoms with Gasteiger partial charge in [0.2, 0.25) is 5.91 Å². The second-order valence-electron chi connectivity index (χ2n) is 6.55. The van der Waals surface area contributed by atoms with Gasteiger partial charge in [-0.3, -0.25) is 10.1 Å². The lowest BCUT2D eigenvalue weighted by Gasteiger charge is -2.23. The average molecular weight is 266 g/mol. The summed E-state index contributed by atoms with van der Waals surface area (Å²) in [4.78, 5) is 14.6. The van der Waals surface area contributed by atoms with Crippen molar-refractivity contribution < 1.29 is 4.79 Å². The van der Waals surface area contributed by atoms with Crippen LogP contribution in [-0.4, -0.2) is 29.1 Å². The molecule has 110 valence electrons. The number of carbonyl (C=O) groups is 1. The van der Waals surface area contributed by atoms with E-state index in [1.54, 1.807) is 0 Å². The summed E-state index contributed by atoms with van der Waals surface area (Å²) in [5.41, 5.74) is -0.325. The first-order valence-corrected chi connectivity index (χ1v) is 8.19. The predicted octanol–water partition coefficient (Wildman–Crippen LogP) is 3.29. The lowest BCUT2D eigenvalue weighted by Crippen LogP contribution is -2.43. The highest BCUT2D eigenvalue weighted by molar-refractivity contribution is 5.88. The maximum atomic E-state index is 12.5. The third-order valence-electron chi connectivity index (χ3n) is 5.17. The van der Waals surface area contributed by atoms with E-state index in [2.05, 4.69) is 31.0 Å².